The SMILES string of the molecule is CCc1ccccc1-c1nccnc1-c1ccc(NC(=O)Cc2ccc(C(F)(F)C(C)O)cc2)cc1. The second kappa shape index (κ2) is 10.7. The molecule has 7 heteroatoms. The maximum atomic E-state index is 13.9. The third kappa shape index (κ3) is 5.47. The first-order valence-corrected chi connectivity index (χ1v) is 11.7. The van der Waals surface area contributed by atoms with Gasteiger partial charge in [0.05, 0.1) is 17.8 Å². The summed E-state index contributed by atoms with van der Waals surface area (Å²) in [5.74, 6) is -3.61. The summed E-state index contributed by atoms with van der Waals surface area (Å²) in [6, 6.07) is 20.9. The van der Waals surface area contributed by atoms with Crippen molar-refractivity contribution in [3.8, 4) is 22.5 Å². The number of nitrogens with one attached hydrogen (secondary N) is 1. The Kier molecular flexibility index (Phi) is 7.50. The molecule has 0 aliphatic heterocycles. The fourth-order valence-electron chi connectivity index (χ4n) is 3.99. The normalized spacial score (nSPS) is 12.2. The van der Waals surface area contributed by atoms with Gasteiger partial charge in [-0.3, -0.25) is 14.8 Å². The second-order valence-electron chi connectivity index (χ2n) is 8.56. The molecule has 0 spiro atoms. The summed E-state index contributed by atoms with van der Waals surface area (Å²) >= 11 is 0. The van der Waals surface area contributed by atoms with Gasteiger partial charge in [0.15, 0.2) is 0 Å². The molecule has 36 heavy (non-hydrogen) atoms. The van der Waals surface area contributed by atoms with Gasteiger partial charge in [-0.15, -0.1) is 0 Å². The summed E-state index contributed by atoms with van der Waals surface area (Å²) in [5, 5.41) is 12.1. The number of aryl methyl sites for hydroxylation is 1. The minimum Gasteiger partial charge on any atom is -0.387 e. The molecule has 1 aromatic heterocycles. The molecule has 0 saturated heterocycles. The molecule has 0 fully saturated rings. The lowest BCUT2D eigenvalue weighted by Gasteiger charge is -2.19. The monoisotopic (exact) mass is 487 g/mol. The molecular weight excluding hydrogens is 460 g/mol. The molecule has 0 saturated carbocycles. The molecule has 0 aliphatic carbocycles. The molecule has 0 bridgehead atoms. The van der Waals surface area contributed by atoms with Crippen LogP contribution in [-0.2, 0) is 23.6 Å². The highest BCUT2D eigenvalue weighted by Gasteiger charge is 2.37. The van der Waals surface area contributed by atoms with Crippen LogP contribution in [-0.4, -0.2) is 27.1 Å². The molecular formula is C29H27F2N3O2. The van der Waals surface area contributed by atoms with Crippen LogP contribution in [0, 0.1) is 0 Å². The first kappa shape index (κ1) is 25.1. The Morgan fingerprint density at radius 3 is 2.22 bits per heavy atom. The van der Waals surface area contributed by atoms with E-state index in [4.69, 9.17) is 0 Å². The summed E-state index contributed by atoms with van der Waals surface area (Å²) in [6.07, 6.45) is 2.45. The standard InChI is InChI=1S/C29H27F2N3O2/c1-3-21-6-4-5-7-25(21)28-27(32-16-17-33-28)22-10-14-24(15-11-22)34-26(36)18-20-8-12-23(13-9-20)29(30,31)19(2)35/h4-17,19,35H,3,18H2,1-2H3,(H,34,36). The van der Waals surface area contributed by atoms with E-state index in [0.29, 0.717) is 11.3 Å². The zero-order valence-corrected chi connectivity index (χ0v) is 20.1. The predicted molar refractivity (Wildman–Crippen MR) is 137 cm³/mol. The van der Waals surface area contributed by atoms with E-state index in [-0.39, 0.29) is 17.9 Å². The van der Waals surface area contributed by atoms with Gasteiger partial charge >= 0.3 is 0 Å². The average molecular weight is 488 g/mol. The van der Waals surface area contributed by atoms with E-state index in [0.717, 1.165) is 35.9 Å². The summed E-state index contributed by atoms with van der Waals surface area (Å²) < 4.78 is 27.9. The Morgan fingerprint density at radius 1 is 0.944 bits per heavy atom. The number of alkyl halides is 2. The molecule has 184 valence electrons. The molecule has 1 atom stereocenters. The van der Waals surface area contributed by atoms with Gasteiger partial charge in [0, 0.05) is 34.8 Å². The molecule has 2 N–H and O–H groups in total. The van der Waals surface area contributed by atoms with Crippen molar-refractivity contribution in [1.29, 1.82) is 0 Å². The highest BCUT2D eigenvalue weighted by Crippen LogP contribution is 2.32. The number of halogens is 2. The first-order chi connectivity index (χ1) is 17.3. The number of aliphatic hydroxyl groups is 1. The minimum atomic E-state index is -3.34. The average Bonchev–Trinajstić information content (AvgIpc) is 2.89. The van der Waals surface area contributed by atoms with E-state index in [9.17, 15) is 18.7 Å². The number of anilines is 1. The molecule has 1 heterocycles. The zero-order valence-electron chi connectivity index (χ0n) is 20.1. The topological polar surface area (TPSA) is 75.1 Å². The van der Waals surface area contributed by atoms with Crippen LogP contribution >= 0.6 is 0 Å². The van der Waals surface area contributed by atoms with Gasteiger partial charge in [-0.1, -0.05) is 67.6 Å². The molecule has 0 radical (unpaired) electrons. The minimum absolute atomic E-state index is 0.0321. The summed E-state index contributed by atoms with van der Waals surface area (Å²) in [5.41, 5.74) is 5.57. The Bertz CT molecular complexity index is 1340. The summed E-state index contributed by atoms with van der Waals surface area (Å²) in [4.78, 5) is 21.7. The van der Waals surface area contributed by atoms with Crippen LogP contribution in [0.4, 0.5) is 14.5 Å². The third-order valence-electron chi connectivity index (χ3n) is 6.02. The Balaban J connectivity index is 1.47. The van der Waals surface area contributed by atoms with Crippen molar-refractivity contribution in [3.05, 3.63) is 102 Å². The Labute approximate surface area is 208 Å². The highest BCUT2D eigenvalue weighted by molar-refractivity contribution is 5.92. The van der Waals surface area contributed by atoms with Crippen molar-refractivity contribution in [3.63, 3.8) is 0 Å². The number of benzene rings is 3. The summed E-state index contributed by atoms with van der Waals surface area (Å²) in [7, 11) is 0. The van der Waals surface area contributed by atoms with Gasteiger partial charge in [-0.2, -0.15) is 8.78 Å². The molecule has 4 rings (SSSR count). The van der Waals surface area contributed by atoms with E-state index in [2.05, 4.69) is 28.3 Å². The van der Waals surface area contributed by atoms with Crippen molar-refractivity contribution in [2.24, 2.45) is 0 Å². The van der Waals surface area contributed by atoms with Crippen LogP contribution in [0.25, 0.3) is 22.5 Å². The van der Waals surface area contributed by atoms with Crippen molar-refractivity contribution in [2.75, 3.05) is 5.32 Å². The van der Waals surface area contributed by atoms with Crippen LogP contribution < -0.4 is 5.32 Å². The maximum Gasteiger partial charge on any atom is 0.298 e. The highest BCUT2D eigenvalue weighted by atomic mass is 19.3. The van der Waals surface area contributed by atoms with Crippen LogP contribution in [0.2, 0.25) is 0 Å². The fraction of sp³-hybridized carbons (Fsp3) is 0.207. The predicted octanol–water partition coefficient (Wildman–Crippen LogP) is 6.03. The van der Waals surface area contributed by atoms with Gasteiger partial charge in [-0.25, -0.2) is 0 Å². The molecule has 0 aliphatic rings. The second-order valence-corrected chi connectivity index (χ2v) is 8.56. The lowest BCUT2D eigenvalue weighted by Crippen LogP contribution is -2.27. The van der Waals surface area contributed by atoms with E-state index in [1.807, 2.05) is 30.3 Å². The first-order valence-electron chi connectivity index (χ1n) is 11.7. The number of aromatic nitrogens is 2. The quantitative estimate of drug-likeness (QED) is 0.318. The number of aliphatic hydroxyl groups excluding tert-OH is 1. The number of amides is 1. The van der Waals surface area contributed by atoms with Gasteiger partial charge in [0.2, 0.25) is 5.91 Å². The number of nitrogens with zero attached hydrogens (tertiary/aromatic N) is 2. The van der Waals surface area contributed by atoms with E-state index < -0.39 is 12.0 Å². The van der Waals surface area contributed by atoms with Gasteiger partial charge in [0.25, 0.3) is 5.92 Å². The smallest absolute Gasteiger partial charge is 0.298 e. The number of hydrogen-bond acceptors (Lipinski definition) is 4. The Morgan fingerprint density at radius 2 is 1.58 bits per heavy atom. The van der Waals surface area contributed by atoms with Crippen molar-refractivity contribution in [2.45, 2.75) is 38.7 Å². The molecule has 1 unspecified atom stereocenters. The fourth-order valence-corrected chi connectivity index (χ4v) is 3.99. The maximum absolute atomic E-state index is 13.9. The van der Waals surface area contributed by atoms with Crippen LogP contribution in [0.15, 0.2) is 85.2 Å². The largest absolute Gasteiger partial charge is 0.387 e. The van der Waals surface area contributed by atoms with Crippen LogP contribution in [0.5, 0.6) is 0 Å². The zero-order chi connectivity index (χ0) is 25.7. The van der Waals surface area contributed by atoms with E-state index in [1.54, 1.807) is 24.5 Å². The lowest BCUT2D eigenvalue weighted by atomic mass is 9.98. The van der Waals surface area contributed by atoms with Crippen LogP contribution in [0.3, 0.4) is 0 Å². The van der Waals surface area contributed by atoms with Gasteiger partial charge in [0.1, 0.15) is 6.10 Å². The summed E-state index contributed by atoms with van der Waals surface area (Å²) in [6.45, 7) is 3.15. The molecule has 3 aromatic carbocycles. The number of carbonyl (C=O) groups excluding carboxylic acids is 1. The van der Waals surface area contributed by atoms with Crippen LogP contribution in [0.1, 0.15) is 30.5 Å². The Hall–Kier alpha value is -3.97. The number of rotatable bonds is 8. The third-order valence-corrected chi connectivity index (χ3v) is 6.02. The molecule has 1 amide bonds. The molecule has 4 aromatic rings. The van der Waals surface area contributed by atoms with Crippen molar-refractivity contribution in [1.82, 2.24) is 9.97 Å². The van der Waals surface area contributed by atoms with E-state index >= 15 is 0 Å². The number of carbonyl (C=O) groups is 1. The van der Waals surface area contributed by atoms with Crippen molar-refractivity contribution < 1.29 is 18.7 Å². The van der Waals surface area contributed by atoms with Gasteiger partial charge in [-0.05, 0) is 36.6 Å². The number of hydrogen-bond donors (Lipinski definition) is 2. The molecule has 5 nitrogen and oxygen atoms in total. The van der Waals surface area contributed by atoms with E-state index in [1.165, 1.54) is 29.8 Å². The lowest BCUT2D eigenvalue weighted by molar-refractivity contribution is -0.115. The van der Waals surface area contributed by atoms with Crippen molar-refractivity contribution >= 4 is 11.6 Å². The van der Waals surface area contributed by atoms with Gasteiger partial charge < -0.3 is 10.4 Å².